The van der Waals surface area contributed by atoms with E-state index in [9.17, 15) is 14.5 Å². The summed E-state index contributed by atoms with van der Waals surface area (Å²) in [5.74, 6) is -0.139. The topological polar surface area (TPSA) is 58.4 Å². The third-order valence-electron chi connectivity index (χ3n) is 4.23. The van der Waals surface area contributed by atoms with Crippen molar-refractivity contribution in [1.29, 1.82) is 0 Å². The summed E-state index contributed by atoms with van der Waals surface area (Å²) in [5.41, 5.74) is 0.0449. The summed E-state index contributed by atoms with van der Waals surface area (Å²) in [6.07, 6.45) is 2.17. The zero-order chi connectivity index (χ0) is 14.3. The van der Waals surface area contributed by atoms with E-state index in [-0.39, 0.29) is 22.4 Å². The minimum absolute atomic E-state index is 0.136. The van der Waals surface area contributed by atoms with Gasteiger partial charge in [0.1, 0.15) is 11.5 Å². The van der Waals surface area contributed by atoms with Gasteiger partial charge in [-0.25, -0.2) is 4.39 Å². The van der Waals surface area contributed by atoms with Gasteiger partial charge in [-0.15, -0.1) is 0 Å². The largest absolute Gasteiger partial charge is 0.375 e. The summed E-state index contributed by atoms with van der Waals surface area (Å²) < 4.78 is 13.6. The number of piperidine rings is 3. The van der Waals surface area contributed by atoms with Crippen molar-refractivity contribution in [1.82, 2.24) is 4.90 Å². The Morgan fingerprint density at radius 2 is 2.10 bits per heavy atom. The third-order valence-corrected chi connectivity index (χ3v) is 4.52. The van der Waals surface area contributed by atoms with E-state index < -0.39 is 10.7 Å². The maximum Gasteiger partial charge on any atom is 0.294 e. The molecule has 0 radical (unpaired) electrons. The molecule has 0 saturated carbocycles. The summed E-state index contributed by atoms with van der Waals surface area (Å²) in [6, 6.07) is 2.33. The molecule has 0 amide bonds. The summed E-state index contributed by atoms with van der Waals surface area (Å²) in [7, 11) is 0. The second-order valence-corrected chi connectivity index (χ2v) is 5.84. The SMILES string of the molecule is O=[N+]([O-])c1cc(Cl)c(F)cc1NC1CN2CCC1CC2. The number of halogens is 2. The number of rotatable bonds is 3. The first kappa shape index (κ1) is 13.6. The molecule has 3 heterocycles. The molecule has 2 bridgehead atoms. The molecule has 108 valence electrons. The van der Waals surface area contributed by atoms with Crippen molar-refractivity contribution in [3.05, 3.63) is 33.1 Å². The molecular weight excluding hydrogens is 285 g/mol. The second-order valence-electron chi connectivity index (χ2n) is 5.43. The van der Waals surface area contributed by atoms with Gasteiger partial charge in [-0.1, -0.05) is 11.6 Å². The zero-order valence-electron chi connectivity index (χ0n) is 10.8. The van der Waals surface area contributed by atoms with Crippen LogP contribution in [0, 0.1) is 21.8 Å². The predicted octanol–water partition coefficient (Wildman–Crippen LogP) is 2.89. The van der Waals surface area contributed by atoms with Crippen LogP contribution in [0.15, 0.2) is 12.1 Å². The number of nitrogens with one attached hydrogen (secondary N) is 1. The molecule has 1 aromatic rings. The van der Waals surface area contributed by atoms with Crippen LogP contribution in [0.1, 0.15) is 12.8 Å². The van der Waals surface area contributed by atoms with Crippen molar-refractivity contribution in [2.45, 2.75) is 18.9 Å². The highest BCUT2D eigenvalue weighted by atomic mass is 35.5. The lowest BCUT2D eigenvalue weighted by Crippen LogP contribution is -2.53. The Morgan fingerprint density at radius 1 is 1.40 bits per heavy atom. The van der Waals surface area contributed by atoms with Gasteiger partial charge in [-0.2, -0.15) is 0 Å². The van der Waals surface area contributed by atoms with Crippen LogP contribution in [-0.2, 0) is 0 Å². The minimum Gasteiger partial charge on any atom is -0.375 e. The first-order valence-electron chi connectivity index (χ1n) is 6.67. The molecule has 3 saturated heterocycles. The number of hydrogen-bond donors (Lipinski definition) is 1. The van der Waals surface area contributed by atoms with Gasteiger partial charge in [-0.05, 0) is 31.8 Å². The Morgan fingerprint density at radius 3 is 2.65 bits per heavy atom. The normalized spacial score (nSPS) is 28.4. The number of fused-ring (bicyclic) bond motifs is 3. The van der Waals surface area contributed by atoms with Crippen LogP contribution in [0.4, 0.5) is 15.8 Å². The van der Waals surface area contributed by atoms with Crippen LogP contribution in [0.5, 0.6) is 0 Å². The van der Waals surface area contributed by atoms with Gasteiger partial charge in [0, 0.05) is 24.7 Å². The van der Waals surface area contributed by atoms with Crippen LogP contribution in [-0.4, -0.2) is 35.5 Å². The summed E-state index contributed by atoms with van der Waals surface area (Å²) in [6.45, 7) is 3.02. The lowest BCUT2D eigenvalue weighted by Gasteiger charge is -2.45. The van der Waals surface area contributed by atoms with Gasteiger partial charge < -0.3 is 10.2 Å². The molecule has 1 N–H and O–H groups in total. The Bertz CT molecular complexity index is 547. The molecule has 0 aromatic heterocycles. The number of nitrogens with zero attached hydrogens (tertiary/aromatic N) is 2. The van der Waals surface area contributed by atoms with E-state index in [0.717, 1.165) is 44.6 Å². The molecule has 1 aromatic carbocycles. The summed E-state index contributed by atoms with van der Waals surface area (Å²) >= 11 is 5.62. The molecule has 0 aliphatic carbocycles. The highest BCUT2D eigenvalue weighted by molar-refractivity contribution is 6.31. The molecule has 20 heavy (non-hydrogen) atoms. The maximum atomic E-state index is 13.6. The van der Waals surface area contributed by atoms with Crippen molar-refractivity contribution >= 4 is 23.0 Å². The molecule has 3 fully saturated rings. The molecule has 1 atom stereocenters. The van der Waals surface area contributed by atoms with Crippen molar-refractivity contribution in [3.8, 4) is 0 Å². The van der Waals surface area contributed by atoms with Crippen molar-refractivity contribution in [3.63, 3.8) is 0 Å². The summed E-state index contributed by atoms with van der Waals surface area (Å²) in [4.78, 5) is 12.9. The van der Waals surface area contributed by atoms with Gasteiger partial charge in [-0.3, -0.25) is 10.1 Å². The van der Waals surface area contributed by atoms with E-state index >= 15 is 0 Å². The average molecular weight is 300 g/mol. The molecule has 3 aliphatic rings. The molecule has 4 rings (SSSR count). The number of benzene rings is 1. The first-order valence-corrected chi connectivity index (χ1v) is 7.04. The Balaban J connectivity index is 1.86. The molecule has 1 unspecified atom stereocenters. The second kappa shape index (κ2) is 5.18. The monoisotopic (exact) mass is 299 g/mol. The standard InChI is InChI=1S/C13H15ClFN3O2/c14-9-5-13(18(19)20)11(6-10(9)15)16-12-7-17-3-1-8(12)2-4-17/h5-6,8,12,16H,1-4,7H2. The summed E-state index contributed by atoms with van der Waals surface area (Å²) in [5, 5.41) is 14.0. The van der Waals surface area contributed by atoms with Crippen LogP contribution >= 0.6 is 11.6 Å². The van der Waals surface area contributed by atoms with Crippen molar-refractivity contribution in [2.75, 3.05) is 25.0 Å². The van der Waals surface area contributed by atoms with Gasteiger partial charge in [0.15, 0.2) is 0 Å². The van der Waals surface area contributed by atoms with Crippen LogP contribution < -0.4 is 5.32 Å². The molecule has 7 heteroatoms. The predicted molar refractivity (Wildman–Crippen MR) is 74.6 cm³/mol. The first-order chi connectivity index (χ1) is 9.54. The molecular formula is C13H15ClFN3O2. The Labute approximate surface area is 120 Å². The van der Waals surface area contributed by atoms with Gasteiger partial charge in [0.2, 0.25) is 0 Å². The lowest BCUT2D eigenvalue weighted by atomic mass is 9.84. The maximum absolute atomic E-state index is 13.6. The lowest BCUT2D eigenvalue weighted by molar-refractivity contribution is -0.384. The van der Waals surface area contributed by atoms with Crippen molar-refractivity contribution < 1.29 is 9.31 Å². The van der Waals surface area contributed by atoms with Crippen LogP contribution in [0.3, 0.4) is 0 Å². The fourth-order valence-electron chi connectivity index (χ4n) is 3.13. The number of anilines is 1. The highest BCUT2D eigenvalue weighted by Crippen LogP contribution is 2.34. The van der Waals surface area contributed by atoms with Crippen LogP contribution in [0.2, 0.25) is 5.02 Å². The van der Waals surface area contributed by atoms with E-state index in [4.69, 9.17) is 11.6 Å². The molecule has 0 spiro atoms. The van der Waals surface area contributed by atoms with Gasteiger partial charge >= 0.3 is 0 Å². The quantitative estimate of drug-likeness (QED) is 0.689. The average Bonchev–Trinajstić information content (AvgIpc) is 2.43. The highest BCUT2D eigenvalue weighted by Gasteiger charge is 2.35. The van der Waals surface area contributed by atoms with Crippen molar-refractivity contribution in [2.24, 2.45) is 5.92 Å². The van der Waals surface area contributed by atoms with Crippen LogP contribution in [0.25, 0.3) is 0 Å². The molecule has 3 aliphatic heterocycles. The number of hydrogen-bond acceptors (Lipinski definition) is 4. The fourth-order valence-corrected chi connectivity index (χ4v) is 3.29. The molecule has 5 nitrogen and oxygen atoms in total. The number of nitro groups is 1. The zero-order valence-corrected chi connectivity index (χ0v) is 11.6. The number of nitro benzene ring substituents is 1. The van der Waals surface area contributed by atoms with E-state index in [0.29, 0.717) is 5.92 Å². The van der Waals surface area contributed by atoms with E-state index in [1.165, 1.54) is 0 Å². The van der Waals surface area contributed by atoms with E-state index in [1.54, 1.807) is 0 Å². The van der Waals surface area contributed by atoms with Gasteiger partial charge in [0.25, 0.3) is 5.69 Å². The smallest absolute Gasteiger partial charge is 0.294 e. The van der Waals surface area contributed by atoms with Gasteiger partial charge in [0.05, 0.1) is 9.95 Å². The minimum atomic E-state index is -0.638. The Hall–Kier alpha value is -1.40. The van der Waals surface area contributed by atoms with E-state index in [1.807, 2.05) is 0 Å². The third kappa shape index (κ3) is 2.45. The van der Waals surface area contributed by atoms with E-state index in [2.05, 4.69) is 10.2 Å². The fraction of sp³-hybridized carbons (Fsp3) is 0.538. The Kier molecular flexibility index (Phi) is 3.52.